The van der Waals surface area contributed by atoms with Crippen molar-refractivity contribution in [2.24, 2.45) is 0 Å². The summed E-state index contributed by atoms with van der Waals surface area (Å²) in [5.41, 5.74) is 1.10. The molecule has 1 aliphatic heterocycles. The minimum atomic E-state index is -4.06. The molecule has 0 fully saturated rings. The molecule has 3 rings (SSSR count). The first-order valence-electron chi connectivity index (χ1n) is 9.56. The first-order chi connectivity index (χ1) is 15.2. The SMILES string of the molecule is O=C(O)CCCN1C=C(C(=O)OCc2ccccc2)C(c2ccc(Cl)cc2Cl)NS1(=O)=O. The number of carbonyl (C=O) groups excluding carboxylic acids is 1. The molecule has 0 aromatic heterocycles. The van der Waals surface area contributed by atoms with Crippen LogP contribution in [-0.2, 0) is 31.1 Å². The zero-order chi connectivity index (χ0) is 23.3. The van der Waals surface area contributed by atoms with E-state index in [1.54, 1.807) is 24.3 Å². The highest BCUT2D eigenvalue weighted by molar-refractivity contribution is 7.87. The Kier molecular flexibility index (Phi) is 7.78. The molecule has 170 valence electrons. The lowest BCUT2D eigenvalue weighted by molar-refractivity contribution is -0.141. The van der Waals surface area contributed by atoms with Gasteiger partial charge in [0.05, 0.1) is 11.6 Å². The lowest BCUT2D eigenvalue weighted by Gasteiger charge is -2.32. The molecule has 1 aliphatic rings. The summed E-state index contributed by atoms with van der Waals surface area (Å²) >= 11 is 12.2. The molecule has 32 heavy (non-hydrogen) atoms. The maximum atomic E-state index is 13.0. The summed E-state index contributed by atoms with van der Waals surface area (Å²) in [6.45, 7) is -0.137. The third-order valence-electron chi connectivity index (χ3n) is 4.66. The average Bonchev–Trinajstić information content (AvgIpc) is 2.73. The Morgan fingerprint density at radius 3 is 2.50 bits per heavy atom. The van der Waals surface area contributed by atoms with Gasteiger partial charge in [-0.15, -0.1) is 0 Å². The second-order valence-corrected chi connectivity index (χ2v) is 9.47. The van der Waals surface area contributed by atoms with Crippen molar-refractivity contribution in [3.63, 3.8) is 0 Å². The highest BCUT2D eigenvalue weighted by Gasteiger charge is 2.37. The highest BCUT2D eigenvalue weighted by atomic mass is 35.5. The summed E-state index contributed by atoms with van der Waals surface area (Å²) in [7, 11) is -4.06. The fraction of sp³-hybridized carbons (Fsp3) is 0.238. The van der Waals surface area contributed by atoms with Crippen molar-refractivity contribution in [1.29, 1.82) is 0 Å². The molecule has 2 N–H and O–H groups in total. The quantitative estimate of drug-likeness (QED) is 0.536. The van der Waals surface area contributed by atoms with Crippen molar-refractivity contribution in [2.75, 3.05) is 6.54 Å². The molecule has 1 unspecified atom stereocenters. The molecule has 2 aromatic carbocycles. The Morgan fingerprint density at radius 2 is 1.84 bits per heavy atom. The maximum Gasteiger partial charge on any atom is 0.337 e. The van der Waals surface area contributed by atoms with Crippen molar-refractivity contribution >= 4 is 45.3 Å². The van der Waals surface area contributed by atoms with Crippen LogP contribution in [0.25, 0.3) is 0 Å². The van der Waals surface area contributed by atoms with Gasteiger partial charge < -0.3 is 9.84 Å². The van der Waals surface area contributed by atoms with E-state index in [0.717, 1.165) is 16.1 Å². The van der Waals surface area contributed by atoms with E-state index < -0.39 is 28.2 Å². The van der Waals surface area contributed by atoms with Crippen molar-refractivity contribution in [2.45, 2.75) is 25.5 Å². The molecule has 0 bridgehead atoms. The van der Waals surface area contributed by atoms with E-state index in [1.807, 2.05) is 6.07 Å². The summed E-state index contributed by atoms with van der Waals surface area (Å²) in [4.78, 5) is 23.8. The molecule has 0 amide bonds. The molecule has 8 nitrogen and oxygen atoms in total. The standard InChI is InChI=1S/C21H20Cl2N2O6S/c22-15-8-9-16(18(23)11-15)20-17(21(28)31-13-14-5-2-1-3-6-14)12-25(32(29,30)24-20)10-4-7-19(26)27/h1-3,5-6,8-9,11-12,20,24H,4,7,10,13H2,(H,26,27). The van der Waals surface area contributed by atoms with Gasteiger partial charge in [0.1, 0.15) is 6.61 Å². The first-order valence-corrected chi connectivity index (χ1v) is 11.8. The van der Waals surface area contributed by atoms with Crippen LogP contribution in [0.5, 0.6) is 0 Å². The van der Waals surface area contributed by atoms with Gasteiger partial charge in [0.25, 0.3) is 0 Å². The molecule has 11 heteroatoms. The summed E-state index contributed by atoms with van der Waals surface area (Å²) in [5, 5.41) is 9.36. The van der Waals surface area contributed by atoms with E-state index in [2.05, 4.69) is 4.72 Å². The number of aliphatic carboxylic acids is 1. The van der Waals surface area contributed by atoms with Crippen LogP contribution in [0.2, 0.25) is 10.0 Å². The molecule has 0 spiro atoms. The van der Waals surface area contributed by atoms with E-state index >= 15 is 0 Å². The van der Waals surface area contributed by atoms with Gasteiger partial charge in [0.2, 0.25) is 0 Å². The van der Waals surface area contributed by atoms with E-state index in [1.165, 1.54) is 18.2 Å². The number of carboxylic acids is 1. The van der Waals surface area contributed by atoms with Crippen LogP contribution in [0.15, 0.2) is 60.3 Å². The molecular weight excluding hydrogens is 479 g/mol. The molecule has 1 atom stereocenters. The lowest BCUT2D eigenvalue weighted by Crippen LogP contribution is -2.46. The summed E-state index contributed by atoms with van der Waals surface area (Å²) in [5.74, 6) is -1.79. The van der Waals surface area contributed by atoms with E-state index in [0.29, 0.717) is 10.6 Å². The third-order valence-corrected chi connectivity index (χ3v) is 6.66. The van der Waals surface area contributed by atoms with Crippen molar-refractivity contribution in [1.82, 2.24) is 9.03 Å². The number of nitrogens with one attached hydrogen (secondary N) is 1. The number of ether oxygens (including phenoxy) is 1. The van der Waals surface area contributed by atoms with Crippen LogP contribution in [0.4, 0.5) is 0 Å². The Morgan fingerprint density at radius 1 is 1.12 bits per heavy atom. The average molecular weight is 499 g/mol. The number of hydrogen-bond donors (Lipinski definition) is 2. The van der Waals surface area contributed by atoms with Crippen LogP contribution in [0.3, 0.4) is 0 Å². The van der Waals surface area contributed by atoms with E-state index in [9.17, 15) is 18.0 Å². The summed E-state index contributed by atoms with van der Waals surface area (Å²) in [6.07, 6.45) is 1.00. The van der Waals surface area contributed by atoms with E-state index in [-0.39, 0.29) is 36.6 Å². The third kappa shape index (κ3) is 6.01. The second-order valence-electron chi connectivity index (χ2n) is 6.98. The topological polar surface area (TPSA) is 113 Å². The summed E-state index contributed by atoms with van der Waals surface area (Å²) in [6, 6.07) is 12.4. The van der Waals surface area contributed by atoms with Gasteiger partial charge in [-0.05, 0) is 29.7 Å². The maximum absolute atomic E-state index is 13.0. The van der Waals surface area contributed by atoms with Gasteiger partial charge in [-0.2, -0.15) is 13.1 Å². The smallest absolute Gasteiger partial charge is 0.337 e. The Hall–Kier alpha value is -2.59. The highest BCUT2D eigenvalue weighted by Crippen LogP contribution is 2.34. The largest absolute Gasteiger partial charge is 0.481 e. The minimum absolute atomic E-state index is 0.00954. The Bertz CT molecular complexity index is 1140. The summed E-state index contributed by atoms with van der Waals surface area (Å²) < 4.78 is 34.3. The van der Waals surface area contributed by atoms with Gasteiger partial charge in [-0.25, -0.2) is 4.79 Å². The Balaban J connectivity index is 1.93. The van der Waals surface area contributed by atoms with Gasteiger partial charge in [-0.3, -0.25) is 9.10 Å². The predicted molar refractivity (Wildman–Crippen MR) is 119 cm³/mol. The molecule has 1 heterocycles. The fourth-order valence-corrected chi connectivity index (χ4v) is 4.92. The van der Waals surface area contributed by atoms with Crippen LogP contribution >= 0.6 is 23.2 Å². The number of carbonyl (C=O) groups is 2. The fourth-order valence-electron chi connectivity index (χ4n) is 3.09. The number of carboxylic acid groups (broad SMARTS) is 1. The molecule has 0 aliphatic carbocycles. The zero-order valence-corrected chi connectivity index (χ0v) is 19.0. The molecule has 0 radical (unpaired) electrons. The van der Waals surface area contributed by atoms with Crippen LogP contribution in [0.1, 0.15) is 30.0 Å². The van der Waals surface area contributed by atoms with Crippen molar-refractivity contribution < 1.29 is 27.9 Å². The van der Waals surface area contributed by atoms with E-state index in [4.69, 9.17) is 33.0 Å². The molecule has 0 saturated heterocycles. The second kappa shape index (κ2) is 10.4. The normalized spacial score (nSPS) is 17.5. The van der Waals surface area contributed by atoms with Gasteiger partial charge in [0.15, 0.2) is 0 Å². The van der Waals surface area contributed by atoms with Gasteiger partial charge >= 0.3 is 22.1 Å². The lowest BCUT2D eigenvalue weighted by atomic mass is 10.00. The number of halogens is 2. The van der Waals surface area contributed by atoms with Gasteiger partial charge in [-0.1, -0.05) is 59.6 Å². The number of hydrogen-bond acceptors (Lipinski definition) is 5. The number of benzene rings is 2. The molecule has 2 aromatic rings. The molecular formula is C21H20Cl2N2O6S. The predicted octanol–water partition coefficient (Wildman–Crippen LogP) is 3.68. The van der Waals surface area contributed by atoms with Gasteiger partial charge in [0, 0.05) is 29.2 Å². The zero-order valence-electron chi connectivity index (χ0n) is 16.7. The molecule has 0 saturated carbocycles. The number of nitrogens with zero attached hydrogens (tertiary/aromatic N) is 1. The van der Waals surface area contributed by atoms with Crippen molar-refractivity contribution in [3.8, 4) is 0 Å². The Labute approximate surface area is 195 Å². The monoisotopic (exact) mass is 498 g/mol. The van der Waals surface area contributed by atoms with Crippen molar-refractivity contribution in [3.05, 3.63) is 81.5 Å². The number of esters is 1. The minimum Gasteiger partial charge on any atom is -0.481 e. The number of rotatable bonds is 8. The van der Waals surface area contributed by atoms with Crippen LogP contribution in [0, 0.1) is 0 Å². The van der Waals surface area contributed by atoms with Crippen LogP contribution < -0.4 is 4.72 Å². The first kappa shape index (κ1) is 24.1. The van der Waals surface area contributed by atoms with Crippen LogP contribution in [-0.4, -0.2) is 36.3 Å².